The summed E-state index contributed by atoms with van der Waals surface area (Å²) < 4.78 is 26.2. The van der Waals surface area contributed by atoms with Gasteiger partial charge in [-0.2, -0.15) is 9.40 Å². The van der Waals surface area contributed by atoms with Crippen molar-refractivity contribution < 1.29 is 13.2 Å². The highest BCUT2D eigenvalue weighted by atomic mass is 32.2. The average molecular weight is 364 g/mol. The van der Waals surface area contributed by atoms with Gasteiger partial charge in [0.05, 0.1) is 4.90 Å². The first-order valence-electron chi connectivity index (χ1n) is 7.81. The number of rotatable bonds is 7. The number of hydrogen-bond donors (Lipinski definition) is 2. The van der Waals surface area contributed by atoms with Crippen molar-refractivity contribution in [2.24, 2.45) is 0 Å². The van der Waals surface area contributed by atoms with Crippen LogP contribution in [0.1, 0.15) is 29.9 Å². The summed E-state index contributed by atoms with van der Waals surface area (Å²) in [6.07, 6.45) is 0. The maximum Gasteiger partial charge on any atom is 0.271 e. The smallest absolute Gasteiger partial charge is 0.271 e. The van der Waals surface area contributed by atoms with Gasteiger partial charge in [0.2, 0.25) is 10.0 Å². The number of sulfonamides is 1. The molecule has 0 bridgehead atoms. The number of hydrogen-bond acceptors (Lipinski definition) is 5. The molecule has 0 radical (unpaired) electrons. The van der Waals surface area contributed by atoms with Crippen LogP contribution < -0.4 is 10.9 Å². The fourth-order valence-electron chi connectivity index (χ4n) is 2.24. The molecule has 8 nitrogen and oxygen atoms in total. The molecule has 0 aliphatic rings. The molecule has 9 heteroatoms. The second-order valence-electron chi connectivity index (χ2n) is 5.22. The van der Waals surface area contributed by atoms with Crippen LogP contribution in [0.4, 0.5) is 0 Å². The lowest BCUT2D eigenvalue weighted by atomic mass is 10.2. The van der Waals surface area contributed by atoms with Gasteiger partial charge in [-0.05, 0) is 23.8 Å². The molecule has 1 heterocycles. The van der Waals surface area contributed by atoms with Gasteiger partial charge in [0.25, 0.3) is 11.5 Å². The van der Waals surface area contributed by atoms with E-state index in [0.29, 0.717) is 13.1 Å². The van der Waals surface area contributed by atoms with E-state index in [9.17, 15) is 18.0 Å². The number of benzene rings is 1. The molecular formula is C16H20N4O4S. The van der Waals surface area contributed by atoms with Crippen molar-refractivity contribution in [2.45, 2.75) is 25.3 Å². The van der Waals surface area contributed by atoms with Crippen molar-refractivity contribution in [2.75, 3.05) is 13.1 Å². The van der Waals surface area contributed by atoms with Crippen molar-refractivity contribution >= 4 is 15.9 Å². The monoisotopic (exact) mass is 364 g/mol. The summed E-state index contributed by atoms with van der Waals surface area (Å²) in [5, 5.41) is 8.48. The zero-order chi connectivity index (χ0) is 18.4. The number of H-pyrrole nitrogens is 1. The van der Waals surface area contributed by atoms with Gasteiger partial charge in [0, 0.05) is 25.7 Å². The van der Waals surface area contributed by atoms with Crippen LogP contribution in [0.3, 0.4) is 0 Å². The molecule has 1 aromatic heterocycles. The second kappa shape index (κ2) is 8.04. The topological polar surface area (TPSA) is 112 Å². The Hall–Kier alpha value is -2.52. The van der Waals surface area contributed by atoms with Gasteiger partial charge >= 0.3 is 0 Å². The van der Waals surface area contributed by atoms with E-state index in [1.807, 2.05) is 0 Å². The summed E-state index contributed by atoms with van der Waals surface area (Å²) in [5.74, 6) is -0.434. The minimum Gasteiger partial charge on any atom is -0.347 e. The number of carbonyl (C=O) groups is 1. The molecular weight excluding hydrogens is 344 g/mol. The Labute approximate surface area is 145 Å². The highest BCUT2D eigenvalue weighted by Crippen LogP contribution is 2.16. The van der Waals surface area contributed by atoms with Crippen LogP contribution in [0.2, 0.25) is 0 Å². The lowest BCUT2D eigenvalue weighted by molar-refractivity contribution is 0.0944. The van der Waals surface area contributed by atoms with E-state index in [1.165, 1.54) is 28.6 Å². The largest absolute Gasteiger partial charge is 0.347 e. The molecule has 0 unspecified atom stereocenters. The molecule has 2 rings (SSSR count). The predicted octanol–water partition coefficient (Wildman–Crippen LogP) is 0.730. The third kappa shape index (κ3) is 4.52. The Bertz CT molecular complexity index is 867. The maximum atomic E-state index is 12.4. The normalized spacial score (nSPS) is 11.5. The summed E-state index contributed by atoms with van der Waals surface area (Å²) in [7, 11) is -3.49. The van der Waals surface area contributed by atoms with Gasteiger partial charge in [-0.15, -0.1) is 0 Å². The van der Waals surface area contributed by atoms with Gasteiger partial charge < -0.3 is 5.32 Å². The molecule has 0 atom stereocenters. The van der Waals surface area contributed by atoms with Crippen molar-refractivity contribution in [3.63, 3.8) is 0 Å². The zero-order valence-corrected chi connectivity index (χ0v) is 14.8. The standard InChI is InChI=1S/C16H20N4O4S/c1-3-20(4-2)25(23,24)13-7-5-12(6-8-13)11-17-16(22)14-9-10-15(21)19-18-14/h5-10H,3-4,11H2,1-2H3,(H,17,22)(H,19,21). The van der Waals surface area contributed by atoms with E-state index >= 15 is 0 Å². The maximum absolute atomic E-state index is 12.4. The number of aromatic nitrogens is 2. The van der Waals surface area contributed by atoms with Crippen LogP contribution in [0.5, 0.6) is 0 Å². The number of carbonyl (C=O) groups excluding carboxylic acids is 1. The first-order chi connectivity index (χ1) is 11.9. The van der Waals surface area contributed by atoms with Crippen molar-refractivity contribution in [3.05, 3.63) is 58.0 Å². The Morgan fingerprint density at radius 1 is 1.12 bits per heavy atom. The van der Waals surface area contributed by atoms with Crippen molar-refractivity contribution in [3.8, 4) is 0 Å². The molecule has 1 aromatic carbocycles. The molecule has 2 aromatic rings. The van der Waals surface area contributed by atoms with Gasteiger partial charge in [0.1, 0.15) is 5.69 Å². The Kier molecular flexibility index (Phi) is 6.05. The molecule has 134 valence electrons. The van der Waals surface area contributed by atoms with Crippen LogP contribution >= 0.6 is 0 Å². The fourth-order valence-corrected chi connectivity index (χ4v) is 3.69. The molecule has 2 N–H and O–H groups in total. The van der Waals surface area contributed by atoms with E-state index in [4.69, 9.17) is 0 Å². The van der Waals surface area contributed by atoms with Crippen LogP contribution in [-0.2, 0) is 16.6 Å². The van der Waals surface area contributed by atoms with E-state index in [-0.39, 0.29) is 22.7 Å². The van der Waals surface area contributed by atoms with Gasteiger partial charge in [-0.1, -0.05) is 26.0 Å². The molecule has 0 aliphatic carbocycles. The highest BCUT2D eigenvalue weighted by molar-refractivity contribution is 7.89. The summed E-state index contributed by atoms with van der Waals surface area (Å²) >= 11 is 0. The molecule has 1 amide bonds. The Balaban J connectivity index is 2.04. The van der Waals surface area contributed by atoms with Crippen LogP contribution in [0, 0.1) is 0 Å². The first-order valence-corrected chi connectivity index (χ1v) is 9.25. The third-order valence-corrected chi connectivity index (χ3v) is 5.70. The summed E-state index contributed by atoms with van der Waals surface area (Å²) in [4.78, 5) is 23.1. The third-order valence-electron chi connectivity index (χ3n) is 3.63. The van der Waals surface area contributed by atoms with E-state index in [2.05, 4.69) is 15.5 Å². The summed E-state index contributed by atoms with van der Waals surface area (Å²) in [5.41, 5.74) is 0.457. The van der Waals surface area contributed by atoms with E-state index < -0.39 is 15.9 Å². The number of nitrogens with zero attached hydrogens (tertiary/aromatic N) is 2. The SMILES string of the molecule is CCN(CC)S(=O)(=O)c1ccc(CNC(=O)c2ccc(=O)[nH]n2)cc1. The molecule has 0 saturated carbocycles. The number of amides is 1. The second-order valence-corrected chi connectivity index (χ2v) is 7.16. The first kappa shape index (κ1) is 18.8. The molecule has 0 saturated heterocycles. The lowest BCUT2D eigenvalue weighted by Crippen LogP contribution is -2.30. The van der Waals surface area contributed by atoms with Gasteiger partial charge in [0.15, 0.2) is 0 Å². The zero-order valence-electron chi connectivity index (χ0n) is 14.0. The number of nitrogens with one attached hydrogen (secondary N) is 2. The van der Waals surface area contributed by atoms with Gasteiger partial charge in [-0.3, -0.25) is 9.59 Å². The van der Waals surface area contributed by atoms with Crippen LogP contribution in [0.15, 0.2) is 46.1 Å². The summed E-state index contributed by atoms with van der Waals surface area (Å²) in [6.45, 7) is 4.60. The molecule has 0 fully saturated rings. The predicted molar refractivity (Wildman–Crippen MR) is 92.6 cm³/mol. The molecule has 0 aliphatic heterocycles. The fraction of sp³-hybridized carbons (Fsp3) is 0.312. The molecule has 0 spiro atoms. The quantitative estimate of drug-likeness (QED) is 0.752. The lowest BCUT2D eigenvalue weighted by Gasteiger charge is -2.18. The number of aromatic amines is 1. The summed E-state index contributed by atoms with van der Waals surface area (Å²) in [6, 6.07) is 8.89. The van der Waals surface area contributed by atoms with E-state index in [1.54, 1.807) is 26.0 Å². The van der Waals surface area contributed by atoms with Crippen LogP contribution in [0.25, 0.3) is 0 Å². The minimum atomic E-state index is -3.49. The van der Waals surface area contributed by atoms with E-state index in [0.717, 1.165) is 5.56 Å². The highest BCUT2D eigenvalue weighted by Gasteiger charge is 2.21. The Morgan fingerprint density at radius 3 is 2.28 bits per heavy atom. The van der Waals surface area contributed by atoms with Crippen molar-refractivity contribution in [1.82, 2.24) is 19.8 Å². The van der Waals surface area contributed by atoms with Gasteiger partial charge in [-0.25, -0.2) is 13.5 Å². The van der Waals surface area contributed by atoms with Crippen molar-refractivity contribution in [1.29, 1.82) is 0 Å². The molecule has 25 heavy (non-hydrogen) atoms. The average Bonchev–Trinajstić information content (AvgIpc) is 2.61. The minimum absolute atomic E-state index is 0.0975. The Morgan fingerprint density at radius 2 is 1.76 bits per heavy atom. The van der Waals surface area contributed by atoms with Crippen LogP contribution in [-0.4, -0.2) is 41.9 Å².